The van der Waals surface area contributed by atoms with E-state index < -0.39 is 6.17 Å². The van der Waals surface area contributed by atoms with E-state index in [4.69, 9.17) is 5.73 Å². The Morgan fingerprint density at radius 3 is 2.56 bits per heavy atom. The molecule has 212 valence electrons. The molecule has 2 aromatic rings. The van der Waals surface area contributed by atoms with Crippen LogP contribution in [0.1, 0.15) is 68.5 Å². The highest BCUT2D eigenvalue weighted by Gasteiger charge is 2.36. The quantitative estimate of drug-likeness (QED) is 0.583. The number of rotatable bonds is 3. The number of amides is 1. The summed E-state index contributed by atoms with van der Waals surface area (Å²) < 4.78 is 0. The van der Waals surface area contributed by atoms with E-state index in [9.17, 15) is 9.59 Å². The second kappa shape index (κ2) is 12.9. The molecule has 2 saturated heterocycles. The van der Waals surface area contributed by atoms with Crippen LogP contribution < -0.4 is 16.3 Å². The lowest BCUT2D eigenvalue weighted by Crippen LogP contribution is -2.59. The van der Waals surface area contributed by atoms with Crippen LogP contribution >= 0.6 is 0 Å². The molecule has 39 heavy (non-hydrogen) atoms. The number of hydrogen-bond acceptors (Lipinski definition) is 7. The van der Waals surface area contributed by atoms with Gasteiger partial charge in [-0.05, 0) is 63.4 Å². The number of aromatic amines is 1. The normalized spacial score (nSPS) is 24.3. The number of nitrogens with zero attached hydrogens (tertiary/aromatic N) is 5. The number of aromatic nitrogens is 2. The molecule has 4 aliphatic rings. The van der Waals surface area contributed by atoms with Crippen molar-refractivity contribution in [2.75, 3.05) is 38.1 Å². The third-order valence-corrected chi connectivity index (χ3v) is 8.42. The minimum atomic E-state index is -0.458. The Hall–Kier alpha value is -3.01. The number of carbonyl (C=O) groups excluding carboxylic acids is 1. The maximum atomic E-state index is 12.3. The van der Waals surface area contributed by atoms with Gasteiger partial charge in [0.25, 0.3) is 0 Å². The fourth-order valence-corrected chi connectivity index (χ4v) is 6.16. The van der Waals surface area contributed by atoms with Gasteiger partial charge >= 0.3 is 5.69 Å². The average molecular weight is 536 g/mol. The van der Waals surface area contributed by atoms with Crippen molar-refractivity contribution in [1.82, 2.24) is 24.7 Å². The maximum Gasteiger partial charge on any atom is 0.347 e. The van der Waals surface area contributed by atoms with E-state index in [0.717, 1.165) is 36.7 Å². The molecule has 1 unspecified atom stereocenters. The van der Waals surface area contributed by atoms with E-state index in [1.165, 1.54) is 36.6 Å². The van der Waals surface area contributed by atoms with Gasteiger partial charge in [-0.25, -0.2) is 4.79 Å². The number of nitrogens with one attached hydrogen (secondary N) is 1. The van der Waals surface area contributed by atoms with Crippen molar-refractivity contribution in [3.63, 3.8) is 0 Å². The van der Waals surface area contributed by atoms with Gasteiger partial charge in [0, 0.05) is 49.5 Å². The SMILES string of the molecule is C=CC(=O)N1CCN(c2nc(=O)[nH]c3c2CN(C2CCc4ccccc42)C3)C[C@@H]1N.CC.C[C@@H]1CCCN1C. The van der Waals surface area contributed by atoms with Crippen LogP contribution in [-0.4, -0.2) is 76.0 Å². The molecule has 4 heterocycles. The summed E-state index contributed by atoms with van der Waals surface area (Å²) >= 11 is 0. The number of fused-ring (bicyclic) bond motifs is 2. The van der Waals surface area contributed by atoms with Crippen LogP contribution in [-0.2, 0) is 24.3 Å². The molecule has 0 radical (unpaired) electrons. The maximum absolute atomic E-state index is 12.3. The molecule has 1 aromatic carbocycles. The molecule has 1 aliphatic carbocycles. The van der Waals surface area contributed by atoms with Gasteiger partial charge in [-0.15, -0.1) is 0 Å². The van der Waals surface area contributed by atoms with Crippen LogP contribution in [0.5, 0.6) is 0 Å². The average Bonchev–Trinajstić information content (AvgIpc) is 3.67. The van der Waals surface area contributed by atoms with Crippen molar-refractivity contribution in [2.24, 2.45) is 5.73 Å². The Bertz CT molecular complexity index is 1200. The lowest BCUT2D eigenvalue weighted by atomic mass is 10.1. The minimum absolute atomic E-state index is 0.169. The summed E-state index contributed by atoms with van der Waals surface area (Å²) in [5, 5.41) is 0. The van der Waals surface area contributed by atoms with Crippen molar-refractivity contribution < 1.29 is 4.79 Å². The van der Waals surface area contributed by atoms with Crippen LogP contribution in [0.2, 0.25) is 0 Å². The number of aryl methyl sites for hydroxylation is 1. The number of hydrogen-bond donors (Lipinski definition) is 2. The summed E-state index contributed by atoms with van der Waals surface area (Å²) in [5.41, 5.74) is 10.7. The van der Waals surface area contributed by atoms with Crippen molar-refractivity contribution in [2.45, 2.75) is 77.8 Å². The molecule has 0 spiro atoms. The summed E-state index contributed by atoms with van der Waals surface area (Å²) in [7, 11) is 2.19. The first-order chi connectivity index (χ1) is 18.9. The van der Waals surface area contributed by atoms with E-state index in [1.807, 2.05) is 18.7 Å². The summed E-state index contributed by atoms with van der Waals surface area (Å²) in [4.78, 5) is 40.0. The van der Waals surface area contributed by atoms with Gasteiger partial charge < -0.3 is 25.4 Å². The number of nitrogens with two attached hydrogens (primary N) is 1. The van der Waals surface area contributed by atoms with Crippen LogP contribution in [0.15, 0.2) is 41.7 Å². The number of anilines is 1. The highest BCUT2D eigenvalue weighted by atomic mass is 16.2. The van der Waals surface area contributed by atoms with E-state index in [0.29, 0.717) is 38.0 Å². The van der Waals surface area contributed by atoms with Gasteiger partial charge in [0.05, 0.1) is 12.7 Å². The largest absolute Gasteiger partial charge is 0.351 e. The predicted molar refractivity (Wildman–Crippen MR) is 156 cm³/mol. The molecule has 1 aromatic heterocycles. The monoisotopic (exact) mass is 535 g/mol. The van der Waals surface area contributed by atoms with Gasteiger partial charge in [-0.3, -0.25) is 9.69 Å². The van der Waals surface area contributed by atoms with E-state index in [-0.39, 0.29) is 11.6 Å². The first kappa shape index (κ1) is 29.0. The molecule has 3 N–H and O–H groups in total. The Labute approximate surface area is 232 Å². The van der Waals surface area contributed by atoms with E-state index in [1.54, 1.807) is 4.90 Å². The van der Waals surface area contributed by atoms with Crippen molar-refractivity contribution >= 4 is 11.7 Å². The van der Waals surface area contributed by atoms with Crippen LogP contribution in [0.4, 0.5) is 5.82 Å². The molecular weight excluding hydrogens is 490 g/mol. The number of H-pyrrole nitrogens is 1. The Morgan fingerprint density at radius 1 is 1.15 bits per heavy atom. The van der Waals surface area contributed by atoms with E-state index >= 15 is 0 Å². The van der Waals surface area contributed by atoms with Crippen molar-refractivity contribution in [3.05, 3.63) is 69.8 Å². The fourth-order valence-electron chi connectivity index (χ4n) is 6.16. The lowest BCUT2D eigenvalue weighted by Gasteiger charge is -2.40. The zero-order valence-corrected chi connectivity index (χ0v) is 24.0. The molecule has 2 fully saturated rings. The van der Waals surface area contributed by atoms with Crippen molar-refractivity contribution in [1.29, 1.82) is 0 Å². The molecule has 6 rings (SSSR count). The van der Waals surface area contributed by atoms with Crippen molar-refractivity contribution in [3.8, 4) is 0 Å². The topological polar surface area (TPSA) is 102 Å². The molecule has 0 saturated carbocycles. The molecule has 9 heteroatoms. The minimum Gasteiger partial charge on any atom is -0.351 e. The zero-order valence-electron chi connectivity index (χ0n) is 24.0. The number of benzene rings is 1. The van der Waals surface area contributed by atoms with Crippen LogP contribution in [0.3, 0.4) is 0 Å². The standard InChI is InChI=1S/C22H26N6O2.C6H13N.C2H6/c1-2-20(29)28-10-9-26(13-19(28)23)21-16-11-27(12-17(16)24-22(30)25-21)18-8-7-14-5-3-4-6-15(14)18;1-6-4-3-5-7(6)2;1-2/h2-6,18-19H,1,7-13,23H2,(H,24,25,30);6H,3-5H2,1-2H3;1-2H3/t18?,19-;6-;/m11./s1. The molecular formula is C30H45N7O2. The van der Waals surface area contributed by atoms with Crippen LogP contribution in [0.25, 0.3) is 0 Å². The third-order valence-electron chi connectivity index (χ3n) is 8.42. The number of carbonyl (C=O) groups is 1. The number of likely N-dealkylation sites (tertiary alicyclic amines) is 1. The predicted octanol–water partition coefficient (Wildman–Crippen LogP) is 3.02. The molecule has 3 aliphatic heterocycles. The van der Waals surface area contributed by atoms with Gasteiger partial charge in [0.2, 0.25) is 5.91 Å². The summed E-state index contributed by atoms with van der Waals surface area (Å²) in [6.07, 6.45) is 5.81. The summed E-state index contributed by atoms with van der Waals surface area (Å²) in [6, 6.07) is 9.82. The Kier molecular flexibility index (Phi) is 9.58. The summed E-state index contributed by atoms with van der Waals surface area (Å²) in [5.74, 6) is 0.529. The lowest BCUT2D eigenvalue weighted by molar-refractivity contribution is -0.128. The van der Waals surface area contributed by atoms with Gasteiger partial charge in [-0.1, -0.05) is 44.7 Å². The fraction of sp³-hybridized carbons (Fsp3) is 0.567. The highest BCUT2D eigenvalue weighted by molar-refractivity contribution is 5.87. The third kappa shape index (κ3) is 6.26. The van der Waals surface area contributed by atoms with E-state index in [2.05, 4.69) is 64.6 Å². The second-order valence-electron chi connectivity index (χ2n) is 10.7. The van der Waals surface area contributed by atoms with Gasteiger partial charge in [0.15, 0.2) is 0 Å². The first-order valence-corrected chi connectivity index (χ1v) is 14.4. The Morgan fingerprint density at radius 2 is 1.92 bits per heavy atom. The summed E-state index contributed by atoms with van der Waals surface area (Å²) in [6.45, 7) is 14.1. The van der Waals surface area contributed by atoms with Gasteiger partial charge in [0.1, 0.15) is 5.82 Å². The number of piperazine rings is 1. The second-order valence-corrected chi connectivity index (χ2v) is 10.7. The molecule has 1 amide bonds. The molecule has 0 bridgehead atoms. The Balaban J connectivity index is 0.000000338. The molecule has 9 nitrogen and oxygen atoms in total. The highest BCUT2D eigenvalue weighted by Crippen LogP contribution is 2.41. The zero-order chi connectivity index (χ0) is 28.1. The smallest absolute Gasteiger partial charge is 0.347 e. The first-order valence-electron chi connectivity index (χ1n) is 14.4. The molecule has 3 atom stereocenters. The van der Waals surface area contributed by atoms with Gasteiger partial charge in [-0.2, -0.15) is 4.98 Å². The van der Waals surface area contributed by atoms with Crippen LogP contribution in [0, 0.1) is 0 Å².